The number of hydrogen-bond donors (Lipinski definition) is 2. The van der Waals surface area contributed by atoms with Gasteiger partial charge in [-0.1, -0.05) is 0 Å². The maximum atomic E-state index is 12.7. The first-order valence-corrected chi connectivity index (χ1v) is 9.54. The van der Waals surface area contributed by atoms with Gasteiger partial charge in [0.25, 0.3) is 5.91 Å². The van der Waals surface area contributed by atoms with Crippen LogP contribution >= 0.6 is 11.3 Å². The number of carbonyl (C=O) groups is 2. The van der Waals surface area contributed by atoms with Crippen LogP contribution in [0.5, 0.6) is 0 Å². The Kier molecular flexibility index (Phi) is 5.73. The van der Waals surface area contributed by atoms with Gasteiger partial charge < -0.3 is 15.2 Å². The highest BCUT2D eigenvalue weighted by atomic mass is 32.1. The van der Waals surface area contributed by atoms with Crippen molar-refractivity contribution < 1.29 is 19.4 Å². The topological polar surface area (TPSA) is 93.5 Å². The largest absolute Gasteiger partial charge is 0.481 e. The Hall–Kier alpha value is -2.19. The molecule has 0 spiro atoms. The minimum absolute atomic E-state index is 0.0318. The minimum atomic E-state index is -0.870. The third-order valence-electron chi connectivity index (χ3n) is 4.92. The van der Waals surface area contributed by atoms with Crippen LogP contribution < -0.4 is 5.32 Å². The molecule has 2 aromatic rings. The normalized spacial score (nSPS) is 16.4. The summed E-state index contributed by atoms with van der Waals surface area (Å²) in [7, 11) is 0. The molecule has 0 bridgehead atoms. The second-order valence-corrected chi connectivity index (χ2v) is 7.41. The van der Waals surface area contributed by atoms with E-state index >= 15 is 0 Å². The fourth-order valence-corrected chi connectivity index (χ4v) is 4.24. The van der Waals surface area contributed by atoms with Crippen molar-refractivity contribution in [2.24, 2.45) is 11.8 Å². The number of hydrogen-bond acceptors (Lipinski definition) is 5. The number of carboxylic acid groups (broad SMARTS) is 1. The van der Waals surface area contributed by atoms with E-state index in [1.807, 2.05) is 29.9 Å². The number of nitrogens with zero attached hydrogens (tertiary/aromatic N) is 2. The average Bonchev–Trinajstić information content (AvgIpc) is 3.23. The molecule has 26 heavy (non-hydrogen) atoms. The molecule has 1 fully saturated rings. The summed E-state index contributed by atoms with van der Waals surface area (Å²) in [5.74, 6) is -1.68. The van der Waals surface area contributed by atoms with Gasteiger partial charge in [-0.2, -0.15) is 0 Å². The van der Waals surface area contributed by atoms with Gasteiger partial charge in [-0.15, -0.1) is 11.3 Å². The number of thiazole rings is 1. The second-order valence-electron chi connectivity index (χ2n) is 6.54. The van der Waals surface area contributed by atoms with Crippen molar-refractivity contribution >= 4 is 23.2 Å². The van der Waals surface area contributed by atoms with E-state index < -0.39 is 11.9 Å². The summed E-state index contributed by atoms with van der Waals surface area (Å²) < 4.78 is 7.24. The summed E-state index contributed by atoms with van der Waals surface area (Å²) in [6, 6.07) is 1.82. The van der Waals surface area contributed by atoms with Crippen LogP contribution in [0.25, 0.3) is 5.13 Å². The highest BCUT2D eigenvalue weighted by molar-refractivity contribution is 7.12. The van der Waals surface area contributed by atoms with Gasteiger partial charge in [-0.3, -0.25) is 14.2 Å². The number of rotatable bonds is 6. The lowest BCUT2D eigenvalue weighted by molar-refractivity contribution is -0.144. The number of aliphatic carboxylic acids is 1. The van der Waals surface area contributed by atoms with Gasteiger partial charge in [-0.25, -0.2) is 4.98 Å². The zero-order valence-electron chi connectivity index (χ0n) is 14.9. The summed E-state index contributed by atoms with van der Waals surface area (Å²) in [6.45, 7) is 5.08. The van der Waals surface area contributed by atoms with Crippen LogP contribution in [-0.4, -0.2) is 46.3 Å². The van der Waals surface area contributed by atoms with E-state index in [4.69, 9.17) is 4.74 Å². The van der Waals surface area contributed by atoms with Gasteiger partial charge in [0.1, 0.15) is 0 Å². The lowest BCUT2D eigenvalue weighted by Gasteiger charge is -2.27. The molecule has 140 valence electrons. The molecule has 3 rings (SSSR count). The fraction of sp³-hybridized carbons (Fsp3) is 0.500. The third kappa shape index (κ3) is 3.81. The van der Waals surface area contributed by atoms with Crippen molar-refractivity contribution in [1.82, 2.24) is 14.9 Å². The molecule has 1 aliphatic rings. The Balaban J connectivity index is 1.71. The van der Waals surface area contributed by atoms with Gasteiger partial charge in [0.2, 0.25) is 0 Å². The molecular weight excluding hydrogens is 354 g/mol. The SMILES string of the molecule is Cc1cc(C(=O)NCC(C(=O)O)C2CCOCC2)c(C)n1-c1nccs1. The molecular formula is C18H23N3O4S. The first-order chi connectivity index (χ1) is 12.5. The first kappa shape index (κ1) is 18.6. The van der Waals surface area contributed by atoms with Crippen LogP contribution in [0.15, 0.2) is 17.6 Å². The Morgan fingerprint density at radius 2 is 2.15 bits per heavy atom. The van der Waals surface area contributed by atoms with E-state index in [-0.39, 0.29) is 18.4 Å². The summed E-state index contributed by atoms with van der Waals surface area (Å²) in [4.78, 5) is 28.6. The Morgan fingerprint density at radius 3 is 2.77 bits per heavy atom. The zero-order valence-corrected chi connectivity index (χ0v) is 15.7. The van der Waals surface area contributed by atoms with Gasteiger partial charge in [-0.05, 0) is 38.7 Å². The molecule has 0 radical (unpaired) electrons. The standard InChI is InChI=1S/C18H23N3O4S/c1-11-9-14(12(2)21(11)18-19-5-8-26-18)16(22)20-10-15(17(23)24)13-3-6-25-7-4-13/h5,8-9,13,15H,3-4,6-7,10H2,1-2H3,(H,20,22)(H,23,24). The van der Waals surface area contributed by atoms with Crippen molar-refractivity contribution in [2.45, 2.75) is 26.7 Å². The molecule has 1 unspecified atom stereocenters. The maximum absolute atomic E-state index is 12.7. The number of aryl methyl sites for hydroxylation is 1. The number of nitrogens with one attached hydrogen (secondary N) is 1. The van der Waals surface area contributed by atoms with Crippen molar-refractivity contribution in [3.63, 3.8) is 0 Å². The predicted octanol–water partition coefficient (Wildman–Crippen LogP) is 2.41. The zero-order chi connectivity index (χ0) is 18.7. The van der Waals surface area contributed by atoms with Crippen LogP contribution in [0.4, 0.5) is 0 Å². The second kappa shape index (κ2) is 8.01. The molecule has 8 heteroatoms. The van der Waals surface area contributed by atoms with Gasteiger partial charge >= 0.3 is 5.97 Å². The van der Waals surface area contributed by atoms with Gasteiger partial charge in [0.05, 0.1) is 11.5 Å². The Morgan fingerprint density at radius 1 is 1.42 bits per heavy atom. The third-order valence-corrected chi connectivity index (χ3v) is 5.68. The first-order valence-electron chi connectivity index (χ1n) is 8.66. The van der Waals surface area contributed by atoms with Crippen LogP contribution in [0.2, 0.25) is 0 Å². The minimum Gasteiger partial charge on any atom is -0.481 e. The highest BCUT2D eigenvalue weighted by Crippen LogP contribution is 2.25. The molecule has 1 aliphatic heterocycles. The average molecular weight is 377 g/mol. The van der Waals surface area contributed by atoms with E-state index in [9.17, 15) is 14.7 Å². The van der Waals surface area contributed by atoms with Crippen LogP contribution in [-0.2, 0) is 9.53 Å². The van der Waals surface area contributed by atoms with Crippen LogP contribution in [0, 0.1) is 25.7 Å². The number of carboxylic acids is 1. The van der Waals surface area contributed by atoms with E-state index in [2.05, 4.69) is 10.3 Å². The van der Waals surface area contributed by atoms with Gasteiger partial charge in [0, 0.05) is 42.7 Å². The van der Waals surface area contributed by atoms with Crippen molar-refractivity contribution in [3.8, 4) is 5.13 Å². The summed E-state index contributed by atoms with van der Waals surface area (Å²) in [5, 5.41) is 15.0. The number of amides is 1. The number of ether oxygens (including phenoxy) is 1. The highest BCUT2D eigenvalue weighted by Gasteiger charge is 2.30. The molecule has 0 aromatic carbocycles. The predicted molar refractivity (Wildman–Crippen MR) is 97.9 cm³/mol. The Bertz CT molecular complexity index is 779. The van der Waals surface area contributed by atoms with E-state index in [0.717, 1.165) is 16.5 Å². The van der Waals surface area contributed by atoms with E-state index in [1.165, 1.54) is 11.3 Å². The maximum Gasteiger partial charge on any atom is 0.308 e. The van der Waals surface area contributed by atoms with Gasteiger partial charge in [0.15, 0.2) is 5.13 Å². The van der Waals surface area contributed by atoms with E-state index in [1.54, 1.807) is 6.20 Å². The quantitative estimate of drug-likeness (QED) is 0.806. The molecule has 2 aromatic heterocycles. The van der Waals surface area contributed by atoms with Crippen LogP contribution in [0.3, 0.4) is 0 Å². The number of carbonyl (C=O) groups excluding carboxylic acids is 1. The number of aromatic nitrogens is 2. The van der Waals surface area contributed by atoms with Crippen LogP contribution in [0.1, 0.15) is 34.6 Å². The van der Waals surface area contributed by atoms with E-state index in [0.29, 0.717) is 31.6 Å². The summed E-state index contributed by atoms with van der Waals surface area (Å²) in [6.07, 6.45) is 3.15. The van der Waals surface area contributed by atoms with Crippen molar-refractivity contribution in [3.05, 3.63) is 34.6 Å². The Labute approximate surface area is 156 Å². The molecule has 0 saturated carbocycles. The summed E-state index contributed by atoms with van der Waals surface area (Å²) in [5.41, 5.74) is 2.27. The lowest BCUT2D eigenvalue weighted by Crippen LogP contribution is -2.39. The monoisotopic (exact) mass is 377 g/mol. The molecule has 0 aliphatic carbocycles. The molecule has 1 saturated heterocycles. The van der Waals surface area contributed by atoms with Crippen molar-refractivity contribution in [1.29, 1.82) is 0 Å². The molecule has 2 N–H and O–H groups in total. The smallest absolute Gasteiger partial charge is 0.308 e. The summed E-state index contributed by atoms with van der Waals surface area (Å²) >= 11 is 1.50. The lowest BCUT2D eigenvalue weighted by atomic mass is 9.86. The van der Waals surface area contributed by atoms with Crippen molar-refractivity contribution in [2.75, 3.05) is 19.8 Å². The molecule has 1 amide bonds. The molecule has 3 heterocycles. The fourth-order valence-electron chi connectivity index (χ4n) is 3.49. The molecule has 7 nitrogen and oxygen atoms in total. The molecule has 1 atom stereocenters.